The Morgan fingerprint density at radius 2 is 0.571 bits per heavy atom. The molecule has 0 saturated carbocycles. The van der Waals surface area contributed by atoms with Crippen molar-refractivity contribution in [2.24, 2.45) is 0 Å². The summed E-state index contributed by atoms with van der Waals surface area (Å²) in [4.78, 5) is 0. The van der Waals surface area contributed by atoms with E-state index in [1.54, 1.807) is 0 Å². The summed E-state index contributed by atoms with van der Waals surface area (Å²) in [6.07, 6.45) is 0. The van der Waals surface area contributed by atoms with Gasteiger partial charge in [-0.25, -0.2) is 0 Å². The summed E-state index contributed by atoms with van der Waals surface area (Å²) >= 11 is 19.7. The van der Waals surface area contributed by atoms with Gasteiger partial charge in [0.15, 0.2) is 0 Å². The SMILES string of the molecule is [Br][Cu]([Br])([Br])([Br])([Br])[Br]. The van der Waals surface area contributed by atoms with Crippen molar-refractivity contribution in [2.75, 3.05) is 0 Å². The molecule has 0 aliphatic rings. The third-order valence-corrected chi connectivity index (χ3v) is 0. The molecular weight excluding hydrogens is 543 g/mol. The summed E-state index contributed by atoms with van der Waals surface area (Å²) in [6, 6.07) is 0. The maximum atomic E-state index is 3.28. The van der Waals surface area contributed by atoms with Gasteiger partial charge in [0.1, 0.15) is 0 Å². The van der Waals surface area contributed by atoms with Gasteiger partial charge < -0.3 is 0 Å². The van der Waals surface area contributed by atoms with Crippen LogP contribution >= 0.6 is 84.7 Å². The van der Waals surface area contributed by atoms with Crippen LogP contribution in [0, 0.1) is 0 Å². The number of hydrogen-bond donors (Lipinski definition) is 0. The van der Waals surface area contributed by atoms with Gasteiger partial charge in [-0.3, -0.25) is 0 Å². The van der Waals surface area contributed by atoms with E-state index in [0.717, 1.165) is 0 Å². The molecule has 0 spiro atoms. The minimum atomic E-state index is -2.56. The molecule has 0 aromatic heterocycles. The molecule has 0 heterocycles. The molecule has 0 radical (unpaired) electrons. The van der Waals surface area contributed by atoms with Crippen LogP contribution in [0.3, 0.4) is 0 Å². The van der Waals surface area contributed by atoms with Crippen molar-refractivity contribution in [1.82, 2.24) is 0 Å². The third-order valence-electron chi connectivity index (χ3n) is 0. The summed E-state index contributed by atoms with van der Waals surface area (Å²) < 4.78 is -2.56. The van der Waals surface area contributed by atoms with Gasteiger partial charge in [0.25, 0.3) is 0 Å². The average Bonchev–Trinajstić information content (AvgIpc) is 0.592. The predicted octanol–water partition coefficient (Wildman–Crippen LogP) is 5.07. The van der Waals surface area contributed by atoms with Crippen LogP contribution in [0.2, 0.25) is 0 Å². The van der Waals surface area contributed by atoms with Crippen molar-refractivity contribution >= 4 is 84.7 Å². The standard InChI is InChI=1S/6BrH.Cu/h6*1H;/q;;;;;;+6/p-6. The van der Waals surface area contributed by atoms with Crippen LogP contribution in [0.4, 0.5) is 0 Å². The zero-order valence-electron chi connectivity index (χ0n) is 2.57. The van der Waals surface area contributed by atoms with Crippen LogP contribution in [0.15, 0.2) is 0 Å². The van der Waals surface area contributed by atoms with Gasteiger partial charge in [-0.15, -0.1) is 0 Å². The van der Waals surface area contributed by atoms with Crippen molar-refractivity contribution in [3.05, 3.63) is 0 Å². The van der Waals surface area contributed by atoms with Gasteiger partial charge in [0, 0.05) is 0 Å². The van der Waals surface area contributed by atoms with Gasteiger partial charge in [-0.2, -0.15) is 0 Å². The molecule has 0 fully saturated rings. The first-order valence-corrected chi connectivity index (χ1v) is 14.6. The zero-order chi connectivity index (χ0) is 6.41. The van der Waals surface area contributed by atoms with E-state index >= 15 is 0 Å². The first-order valence-electron chi connectivity index (χ1n) is 0.684. The first kappa shape index (κ1) is 10.4. The molecule has 0 bridgehead atoms. The Morgan fingerprint density at radius 3 is 0.571 bits per heavy atom. The second kappa shape index (κ2) is 1.96. The molecule has 0 unspecified atom stereocenters. The Bertz CT molecular complexity index is 62.7. The van der Waals surface area contributed by atoms with Crippen LogP contribution in [0.5, 0.6) is 0 Å². The fraction of sp³-hybridized carbons (Fsp3) is 0. The third kappa shape index (κ3) is 44.5. The molecule has 0 aliphatic carbocycles. The van der Waals surface area contributed by atoms with Crippen LogP contribution in [-0.2, 0) is -0.114 Å². The average molecular weight is 543 g/mol. The molecule has 53 valence electrons. The molecule has 0 saturated heterocycles. The Morgan fingerprint density at radius 1 is 0.571 bits per heavy atom. The molecule has 0 aromatic rings. The Hall–Kier alpha value is 3.40. The van der Waals surface area contributed by atoms with Gasteiger partial charge in [-0.1, -0.05) is 0 Å². The molecular formula is Br6Cu. The molecule has 0 atom stereocenters. The topological polar surface area (TPSA) is 0 Å². The molecule has 0 amide bonds. The summed E-state index contributed by atoms with van der Waals surface area (Å²) in [5, 5.41) is 0. The van der Waals surface area contributed by atoms with E-state index in [1.165, 1.54) is 0 Å². The van der Waals surface area contributed by atoms with Gasteiger partial charge in [0.05, 0.1) is 0 Å². The number of halogens is 6. The van der Waals surface area contributed by atoms with E-state index in [1.807, 2.05) is 0 Å². The summed E-state index contributed by atoms with van der Waals surface area (Å²) in [5.41, 5.74) is 0. The van der Waals surface area contributed by atoms with Crippen molar-refractivity contribution in [3.8, 4) is 0 Å². The Kier molecular flexibility index (Phi) is 2.91. The molecule has 0 N–H and O–H groups in total. The van der Waals surface area contributed by atoms with Crippen molar-refractivity contribution in [3.63, 3.8) is 0 Å². The van der Waals surface area contributed by atoms with Crippen molar-refractivity contribution in [1.29, 1.82) is 0 Å². The number of rotatable bonds is 0. The normalized spacial score (nSPS) is 23.1. The van der Waals surface area contributed by atoms with Gasteiger partial charge in [-0.05, 0) is 0 Å². The molecule has 0 aliphatic heterocycles. The predicted molar refractivity (Wildman–Crippen MR) is 53.6 cm³/mol. The van der Waals surface area contributed by atoms with Crippen LogP contribution in [0.25, 0.3) is 0 Å². The molecule has 7 heteroatoms. The summed E-state index contributed by atoms with van der Waals surface area (Å²) in [5.74, 6) is 0. The number of hydrogen-bond acceptors (Lipinski definition) is 0. The van der Waals surface area contributed by atoms with E-state index in [2.05, 4.69) is 84.7 Å². The minimum absolute atomic E-state index is 2.56. The molecule has 7 heavy (non-hydrogen) atoms. The maximum absolute atomic E-state index is 3.28. The fourth-order valence-electron chi connectivity index (χ4n) is 0. The van der Waals surface area contributed by atoms with E-state index in [9.17, 15) is 0 Å². The molecule has 0 nitrogen and oxygen atoms in total. The van der Waals surface area contributed by atoms with E-state index < -0.39 is -0.114 Å². The summed E-state index contributed by atoms with van der Waals surface area (Å²) in [7, 11) is 0. The molecule has 0 aromatic carbocycles. The monoisotopic (exact) mass is 536 g/mol. The second-order valence-electron chi connectivity index (χ2n) is 0.646. The van der Waals surface area contributed by atoms with Crippen LogP contribution < -0.4 is 0 Å². The van der Waals surface area contributed by atoms with Crippen LogP contribution in [-0.4, -0.2) is 0 Å². The fourth-order valence-corrected chi connectivity index (χ4v) is 0. The van der Waals surface area contributed by atoms with Gasteiger partial charge >= 0.3 is 84.5 Å². The molecule has 0 rings (SSSR count). The van der Waals surface area contributed by atoms with Crippen molar-refractivity contribution < 1.29 is -0.114 Å². The Balaban J connectivity index is 4.43. The zero-order valence-corrected chi connectivity index (χ0v) is 13.0. The van der Waals surface area contributed by atoms with E-state index in [-0.39, 0.29) is 0 Å². The van der Waals surface area contributed by atoms with Gasteiger partial charge in [0.2, 0.25) is 0 Å². The Labute approximate surface area is 82.6 Å². The quantitative estimate of drug-likeness (QED) is 0.375. The van der Waals surface area contributed by atoms with Crippen molar-refractivity contribution in [2.45, 2.75) is 0 Å². The van der Waals surface area contributed by atoms with E-state index in [0.29, 0.717) is 0 Å². The van der Waals surface area contributed by atoms with E-state index in [4.69, 9.17) is 0 Å². The second-order valence-corrected chi connectivity index (χ2v) is 71.9. The van der Waals surface area contributed by atoms with Crippen LogP contribution in [0.1, 0.15) is 0 Å². The first-order chi connectivity index (χ1) is 2.45. The summed E-state index contributed by atoms with van der Waals surface area (Å²) in [6.45, 7) is 0.